The Balaban J connectivity index is 1.76. The molecule has 3 nitrogen and oxygen atoms in total. The Morgan fingerprint density at radius 2 is 2.00 bits per heavy atom. The number of rotatable bonds is 1. The topological polar surface area (TPSA) is 35.5 Å². The van der Waals surface area contributed by atoms with Gasteiger partial charge in [-0.05, 0) is 54.9 Å². The maximum absolute atomic E-state index is 12.0. The van der Waals surface area contributed by atoms with Crippen LogP contribution in [0.15, 0.2) is 23.8 Å². The van der Waals surface area contributed by atoms with Gasteiger partial charge in [0, 0.05) is 24.0 Å². The zero-order chi connectivity index (χ0) is 17.3. The summed E-state index contributed by atoms with van der Waals surface area (Å²) >= 11 is 0. The number of ether oxygens (including phenoxy) is 2. The van der Waals surface area contributed by atoms with Crippen LogP contribution in [-0.4, -0.2) is 25.3 Å². The lowest BCUT2D eigenvalue weighted by Crippen LogP contribution is -2.58. The molecule has 0 spiro atoms. The van der Waals surface area contributed by atoms with Crippen LogP contribution in [0.25, 0.3) is 0 Å². The Morgan fingerprint density at radius 1 is 1.25 bits per heavy atom. The van der Waals surface area contributed by atoms with Crippen molar-refractivity contribution in [3.05, 3.63) is 23.8 Å². The van der Waals surface area contributed by atoms with E-state index in [9.17, 15) is 4.79 Å². The van der Waals surface area contributed by atoms with E-state index in [1.165, 1.54) is 12.0 Å². The fourth-order valence-corrected chi connectivity index (χ4v) is 6.59. The lowest BCUT2D eigenvalue weighted by Gasteiger charge is -2.61. The van der Waals surface area contributed by atoms with Crippen molar-refractivity contribution >= 4 is 5.97 Å². The average Bonchev–Trinajstić information content (AvgIpc) is 2.82. The lowest BCUT2D eigenvalue weighted by atomic mass is 9.45. The number of carbonyl (C=O) groups is 1. The van der Waals surface area contributed by atoms with Crippen LogP contribution < -0.4 is 0 Å². The first-order valence-electron chi connectivity index (χ1n) is 9.43. The molecular formula is C21H30O3. The van der Waals surface area contributed by atoms with Crippen LogP contribution in [0.1, 0.15) is 52.9 Å². The third-order valence-corrected chi connectivity index (χ3v) is 7.87. The molecule has 24 heavy (non-hydrogen) atoms. The molecule has 2 saturated carbocycles. The molecule has 1 saturated heterocycles. The highest BCUT2D eigenvalue weighted by molar-refractivity contribution is 5.91. The Hall–Kier alpha value is -1.09. The highest BCUT2D eigenvalue weighted by Crippen LogP contribution is 2.64. The molecule has 0 unspecified atom stereocenters. The molecule has 0 aromatic rings. The number of carbonyl (C=O) groups excluding carboxylic acids is 1. The number of methoxy groups -OCH3 is 1. The van der Waals surface area contributed by atoms with Gasteiger partial charge in [-0.25, -0.2) is 4.79 Å². The van der Waals surface area contributed by atoms with Crippen molar-refractivity contribution in [3.8, 4) is 0 Å². The zero-order valence-electron chi connectivity index (χ0n) is 15.4. The fourth-order valence-electron chi connectivity index (χ4n) is 6.59. The molecule has 0 N–H and O–H groups in total. The number of hydrogen-bond donors (Lipinski definition) is 0. The van der Waals surface area contributed by atoms with E-state index in [0.29, 0.717) is 28.9 Å². The summed E-state index contributed by atoms with van der Waals surface area (Å²) in [6.07, 6.45) is 8.18. The molecule has 6 atom stereocenters. The second-order valence-electron chi connectivity index (χ2n) is 9.20. The maximum atomic E-state index is 12.0. The number of fused-ring (bicyclic) bond motifs is 5. The minimum atomic E-state index is -0.189. The maximum Gasteiger partial charge on any atom is 0.334 e. The van der Waals surface area contributed by atoms with Crippen LogP contribution in [0.2, 0.25) is 0 Å². The van der Waals surface area contributed by atoms with Crippen LogP contribution in [0.5, 0.6) is 0 Å². The molecule has 0 aromatic heterocycles. The molecule has 0 amide bonds. The molecule has 3 fully saturated rings. The molecule has 0 aromatic carbocycles. The van der Waals surface area contributed by atoms with Crippen molar-refractivity contribution in [3.63, 3.8) is 0 Å². The fraction of sp³-hybridized carbons (Fsp3) is 0.762. The first-order chi connectivity index (χ1) is 11.3. The monoisotopic (exact) mass is 330 g/mol. The van der Waals surface area contributed by atoms with Crippen molar-refractivity contribution in [2.75, 3.05) is 7.11 Å². The van der Waals surface area contributed by atoms with E-state index in [0.717, 1.165) is 25.7 Å². The van der Waals surface area contributed by atoms with E-state index in [2.05, 4.69) is 33.4 Å². The molecule has 1 aliphatic heterocycles. The highest BCUT2D eigenvalue weighted by atomic mass is 16.6. The summed E-state index contributed by atoms with van der Waals surface area (Å²) < 4.78 is 11.8. The normalized spacial score (nSPS) is 46.5. The number of esters is 1. The van der Waals surface area contributed by atoms with Gasteiger partial charge < -0.3 is 9.47 Å². The predicted molar refractivity (Wildman–Crippen MR) is 93.3 cm³/mol. The number of hydrogen-bond acceptors (Lipinski definition) is 3. The summed E-state index contributed by atoms with van der Waals surface area (Å²) in [6, 6.07) is 0. The lowest BCUT2D eigenvalue weighted by molar-refractivity contribution is -0.154. The average molecular weight is 330 g/mol. The van der Waals surface area contributed by atoms with Crippen LogP contribution in [-0.2, 0) is 14.3 Å². The SMILES string of the molecule is C=C1C(=O)O[C@H]2C3=CC[C@@H]4C(C)(C)CC[C@H](OC)[C@@]4(C)[C@@H]3CC[C@@H]12. The van der Waals surface area contributed by atoms with Crippen molar-refractivity contribution in [1.29, 1.82) is 0 Å². The van der Waals surface area contributed by atoms with Gasteiger partial charge >= 0.3 is 5.97 Å². The Kier molecular flexibility index (Phi) is 3.55. The van der Waals surface area contributed by atoms with Crippen LogP contribution in [0.4, 0.5) is 0 Å². The Labute approximate surface area is 145 Å². The van der Waals surface area contributed by atoms with Gasteiger partial charge in [0.2, 0.25) is 0 Å². The molecule has 1 heterocycles. The minimum absolute atomic E-state index is 0.0657. The Morgan fingerprint density at radius 3 is 2.71 bits per heavy atom. The minimum Gasteiger partial charge on any atom is -0.454 e. The van der Waals surface area contributed by atoms with Gasteiger partial charge in [0.1, 0.15) is 6.10 Å². The molecule has 3 aliphatic carbocycles. The van der Waals surface area contributed by atoms with Gasteiger partial charge in [-0.3, -0.25) is 0 Å². The zero-order valence-corrected chi connectivity index (χ0v) is 15.4. The van der Waals surface area contributed by atoms with Crippen LogP contribution in [0.3, 0.4) is 0 Å². The van der Waals surface area contributed by atoms with Gasteiger partial charge in [-0.2, -0.15) is 0 Å². The molecule has 4 rings (SSSR count). The molecule has 0 radical (unpaired) electrons. The van der Waals surface area contributed by atoms with Gasteiger partial charge in [0.15, 0.2) is 0 Å². The van der Waals surface area contributed by atoms with Crippen molar-refractivity contribution in [2.45, 2.75) is 65.1 Å². The molecule has 132 valence electrons. The quantitative estimate of drug-likeness (QED) is 0.409. The Bertz CT molecular complexity index is 617. The third kappa shape index (κ3) is 1.97. The van der Waals surface area contributed by atoms with E-state index in [1.807, 2.05) is 7.11 Å². The first-order valence-corrected chi connectivity index (χ1v) is 9.43. The highest BCUT2D eigenvalue weighted by Gasteiger charge is 2.60. The molecular weight excluding hydrogens is 300 g/mol. The van der Waals surface area contributed by atoms with Crippen molar-refractivity contribution in [2.24, 2.45) is 28.6 Å². The van der Waals surface area contributed by atoms with E-state index in [1.54, 1.807) is 0 Å². The summed E-state index contributed by atoms with van der Waals surface area (Å²) in [4.78, 5) is 12.0. The van der Waals surface area contributed by atoms with Gasteiger partial charge in [0.25, 0.3) is 0 Å². The summed E-state index contributed by atoms with van der Waals surface area (Å²) in [5.41, 5.74) is 2.50. The third-order valence-electron chi connectivity index (χ3n) is 7.87. The molecule has 0 bridgehead atoms. The van der Waals surface area contributed by atoms with Gasteiger partial charge in [-0.1, -0.05) is 33.4 Å². The first kappa shape index (κ1) is 16.4. The van der Waals surface area contributed by atoms with Crippen molar-refractivity contribution in [1.82, 2.24) is 0 Å². The van der Waals surface area contributed by atoms with Crippen molar-refractivity contribution < 1.29 is 14.3 Å². The summed E-state index contributed by atoms with van der Waals surface area (Å²) in [6.45, 7) is 11.3. The molecule has 3 heteroatoms. The van der Waals surface area contributed by atoms with E-state index in [-0.39, 0.29) is 23.4 Å². The second-order valence-corrected chi connectivity index (χ2v) is 9.20. The van der Waals surface area contributed by atoms with Gasteiger partial charge in [0.05, 0.1) is 6.10 Å². The van der Waals surface area contributed by atoms with E-state index < -0.39 is 0 Å². The smallest absolute Gasteiger partial charge is 0.334 e. The largest absolute Gasteiger partial charge is 0.454 e. The van der Waals surface area contributed by atoms with Crippen LogP contribution >= 0.6 is 0 Å². The molecule has 4 aliphatic rings. The summed E-state index contributed by atoms with van der Waals surface area (Å²) in [7, 11) is 1.87. The van der Waals surface area contributed by atoms with E-state index in [4.69, 9.17) is 9.47 Å². The summed E-state index contributed by atoms with van der Waals surface area (Å²) in [5.74, 6) is 1.08. The van der Waals surface area contributed by atoms with Gasteiger partial charge in [-0.15, -0.1) is 0 Å². The second kappa shape index (κ2) is 5.20. The van der Waals surface area contributed by atoms with E-state index >= 15 is 0 Å². The van der Waals surface area contributed by atoms with Crippen LogP contribution in [0, 0.1) is 28.6 Å². The predicted octanol–water partition coefficient (Wildman–Crippen LogP) is 4.28. The standard InChI is InChI=1S/C21H30O3/c1-12-13-6-8-15-14(18(13)24-19(12)22)7-9-16-20(2,3)11-10-17(23-5)21(15,16)4/h7,13,15-18H,1,6,8-11H2,2-5H3/t13-,15+,16+,17-,18+,21-/m0/s1. The number of allylic oxidation sites excluding steroid dienone is 1. The summed E-state index contributed by atoms with van der Waals surface area (Å²) in [5, 5.41) is 0.